The lowest BCUT2D eigenvalue weighted by atomic mass is 10.1. The van der Waals surface area contributed by atoms with Crippen LogP contribution in [-0.4, -0.2) is 113 Å². The van der Waals surface area contributed by atoms with Crippen LogP contribution in [0.25, 0.3) is 0 Å². The summed E-state index contributed by atoms with van der Waals surface area (Å²) in [5, 5.41) is 5.40. The van der Waals surface area contributed by atoms with E-state index in [1.807, 2.05) is 0 Å². The number of carbonyl (C=O) groups excluding carboxylic acids is 4. The van der Waals surface area contributed by atoms with Crippen molar-refractivity contribution in [2.75, 3.05) is 39.3 Å². The minimum absolute atomic E-state index is 0.0837. The van der Waals surface area contributed by atoms with Gasteiger partial charge in [0.05, 0.1) is 6.54 Å². The Hall–Kier alpha value is -5.29. The number of hydrogen-bond acceptors (Lipinski definition) is 11. The smallest absolute Gasteiger partial charge is 0.454 e. The SMILES string of the molecule is CC(C)(C)OC(=O)/N=C(/NCCCCCCCCN1C=CN(CCOc2ccc(C3=NCCCN3C(=O)OC(C)(C)C)cc2)/C1=C/C(=O)C(F)(F)F)NC(=O)OC(C)(C)C. The number of nitrogens with one attached hydrogen (secondary N) is 2. The van der Waals surface area contributed by atoms with Gasteiger partial charge in [0.1, 0.15) is 40.8 Å². The number of carbonyl (C=O) groups is 4. The van der Waals surface area contributed by atoms with E-state index in [2.05, 4.69) is 20.6 Å². The summed E-state index contributed by atoms with van der Waals surface area (Å²) in [5.74, 6) is -0.899. The molecule has 2 heterocycles. The molecule has 0 unspecified atom stereocenters. The van der Waals surface area contributed by atoms with E-state index in [0.717, 1.165) is 32.1 Å². The Morgan fingerprint density at radius 1 is 0.783 bits per heavy atom. The standard InChI is InChI=1S/C42H62F3N7O8/c1-39(2,3)58-36(54)48-35(49-37(55)59-40(4,5)6)47-21-14-12-10-11-13-15-23-50-25-26-51(33(50)29-32(53)42(43,44)45)27-28-57-31-19-17-30(18-20-31)34-46-22-16-24-52(34)38(56)60-41(7,8)9/h17-20,25-26,29H,10-16,21-24,27-28H2,1-9H3,(H2,47,48,49,54,55)/b33-29+. The van der Waals surface area contributed by atoms with Gasteiger partial charge in [-0.15, -0.1) is 4.99 Å². The van der Waals surface area contributed by atoms with Gasteiger partial charge in [-0.1, -0.05) is 25.7 Å². The molecule has 15 nitrogen and oxygen atoms in total. The lowest BCUT2D eigenvalue weighted by Gasteiger charge is -2.30. The molecule has 0 radical (unpaired) electrons. The van der Waals surface area contributed by atoms with E-state index in [0.29, 0.717) is 62.2 Å². The fourth-order valence-electron chi connectivity index (χ4n) is 5.74. The van der Waals surface area contributed by atoms with Gasteiger partial charge in [0.25, 0.3) is 5.78 Å². The molecule has 3 amide bonds. The second-order valence-corrected chi connectivity index (χ2v) is 17.2. The number of benzene rings is 1. The van der Waals surface area contributed by atoms with Gasteiger partial charge < -0.3 is 34.1 Å². The highest BCUT2D eigenvalue weighted by atomic mass is 19.4. The quantitative estimate of drug-likeness (QED) is 0.0574. The van der Waals surface area contributed by atoms with Gasteiger partial charge in [-0.2, -0.15) is 13.2 Å². The van der Waals surface area contributed by atoms with Crippen molar-refractivity contribution in [1.29, 1.82) is 0 Å². The van der Waals surface area contributed by atoms with Crippen LogP contribution in [0.1, 0.15) is 113 Å². The zero-order chi connectivity index (χ0) is 44.7. The van der Waals surface area contributed by atoms with Gasteiger partial charge in [0.2, 0.25) is 5.96 Å². The van der Waals surface area contributed by atoms with E-state index >= 15 is 0 Å². The van der Waals surface area contributed by atoms with Crippen LogP contribution in [0.5, 0.6) is 5.75 Å². The normalized spacial score (nSPS) is 15.8. The van der Waals surface area contributed by atoms with Crippen molar-refractivity contribution in [3.05, 3.63) is 54.1 Å². The number of amidine groups is 1. The van der Waals surface area contributed by atoms with E-state index in [1.165, 1.54) is 4.90 Å². The van der Waals surface area contributed by atoms with Gasteiger partial charge in [-0.05, 0) is 106 Å². The number of ketones is 1. The Labute approximate surface area is 351 Å². The number of aliphatic imine (C=N–C) groups is 2. The van der Waals surface area contributed by atoms with E-state index < -0.39 is 47.0 Å². The van der Waals surface area contributed by atoms with Gasteiger partial charge >= 0.3 is 24.5 Å². The Morgan fingerprint density at radius 2 is 1.37 bits per heavy atom. The molecule has 0 saturated carbocycles. The number of ether oxygens (including phenoxy) is 4. The number of rotatable bonds is 15. The van der Waals surface area contributed by atoms with Crippen molar-refractivity contribution in [1.82, 2.24) is 25.3 Å². The number of unbranched alkanes of at least 4 members (excludes halogenated alkanes) is 5. The van der Waals surface area contributed by atoms with Crippen molar-refractivity contribution in [3.63, 3.8) is 0 Å². The van der Waals surface area contributed by atoms with Crippen molar-refractivity contribution in [2.24, 2.45) is 9.98 Å². The minimum Gasteiger partial charge on any atom is -0.492 e. The average Bonchev–Trinajstić information content (AvgIpc) is 3.48. The summed E-state index contributed by atoms with van der Waals surface area (Å²) in [6.07, 6.45) is 2.19. The number of nitrogens with zero attached hydrogens (tertiary/aromatic N) is 5. The first-order valence-electron chi connectivity index (χ1n) is 20.3. The topological polar surface area (TPSA) is 164 Å². The number of alkyl halides is 3. The first-order valence-corrected chi connectivity index (χ1v) is 20.3. The van der Waals surface area contributed by atoms with Crippen LogP contribution in [-0.2, 0) is 19.0 Å². The molecular formula is C42H62F3N7O8. The molecule has 0 aliphatic carbocycles. The summed E-state index contributed by atoms with van der Waals surface area (Å²) in [7, 11) is 0. The van der Waals surface area contributed by atoms with E-state index in [1.54, 1.807) is 109 Å². The summed E-state index contributed by atoms with van der Waals surface area (Å²) in [5.41, 5.74) is -1.47. The molecule has 1 aromatic carbocycles. The van der Waals surface area contributed by atoms with Gasteiger partial charge in [0.15, 0.2) is 0 Å². The highest BCUT2D eigenvalue weighted by Gasteiger charge is 2.38. The highest BCUT2D eigenvalue weighted by molar-refractivity contribution is 6.07. The molecule has 60 heavy (non-hydrogen) atoms. The van der Waals surface area contributed by atoms with Crippen LogP contribution in [0.15, 0.2) is 58.5 Å². The third-order valence-corrected chi connectivity index (χ3v) is 8.27. The van der Waals surface area contributed by atoms with E-state index in [-0.39, 0.29) is 24.9 Å². The zero-order valence-corrected chi connectivity index (χ0v) is 36.4. The summed E-state index contributed by atoms with van der Waals surface area (Å²) in [6.45, 7) is 17.8. The molecule has 18 heteroatoms. The summed E-state index contributed by atoms with van der Waals surface area (Å²) in [4.78, 5) is 62.5. The Bertz CT molecular complexity index is 1740. The third kappa shape index (κ3) is 18.3. The van der Waals surface area contributed by atoms with Crippen LogP contribution >= 0.6 is 0 Å². The molecule has 0 aromatic heterocycles. The van der Waals surface area contributed by atoms with Crippen LogP contribution in [0.2, 0.25) is 0 Å². The van der Waals surface area contributed by atoms with Gasteiger partial charge in [0, 0.05) is 50.2 Å². The zero-order valence-electron chi connectivity index (χ0n) is 36.4. The average molecular weight is 850 g/mol. The lowest BCUT2D eigenvalue weighted by molar-refractivity contribution is -0.165. The molecule has 0 atom stereocenters. The molecule has 0 saturated heterocycles. The molecule has 0 spiro atoms. The monoisotopic (exact) mass is 849 g/mol. The maximum atomic E-state index is 13.3. The van der Waals surface area contributed by atoms with Crippen molar-refractivity contribution < 1.29 is 51.3 Å². The molecular weight excluding hydrogens is 787 g/mol. The summed E-state index contributed by atoms with van der Waals surface area (Å²) < 4.78 is 61.9. The predicted molar refractivity (Wildman–Crippen MR) is 221 cm³/mol. The second-order valence-electron chi connectivity index (χ2n) is 17.2. The minimum atomic E-state index is -5.02. The molecule has 334 valence electrons. The lowest BCUT2D eigenvalue weighted by Crippen LogP contribution is -2.44. The Kier molecular flexibility index (Phi) is 17.8. The predicted octanol–water partition coefficient (Wildman–Crippen LogP) is 8.26. The molecule has 1 aromatic rings. The fourth-order valence-corrected chi connectivity index (χ4v) is 5.74. The van der Waals surface area contributed by atoms with Crippen molar-refractivity contribution in [2.45, 2.75) is 130 Å². The molecule has 2 N–H and O–H groups in total. The summed E-state index contributed by atoms with van der Waals surface area (Å²) >= 11 is 0. The van der Waals surface area contributed by atoms with Crippen LogP contribution in [0.4, 0.5) is 27.6 Å². The largest absolute Gasteiger partial charge is 0.492 e. The number of hydrogen-bond donors (Lipinski definition) is 2. The maximum absolute atomic E-state index is 13.3. The van der Waals surface area contributed by atoms with Gasteiger partial charge in [-0.3, -0.25) is 20.0 Å². The number of halogens is 3. The third-order valence-electron chi connectivity index (χ3n) is 8.27. The number of guanidine groups is 1. The van der Waals surface area contributed by atoms with E-state index in [4.69, 9.17) is 18.9 Å². The Morgan fingerprint density at radius 3 is 1.97 bits per heavy atom. The second kappa shape index (κ2) is 21.8. The van der Waals surface area contributed by atoms with Gasteiger partial charge in [-0.25, -0.2) is 14.4 Å². The van der Waals surface area contributed by atoms with Crippen molar-refractivity contribution in [3.8, 4) is 5.75 Å². The molecule has 2 aliphatic rings. The Balaban J connectivity index is 1.47. The molecule has 2 aliphatic heterocycles. The number of alkyl carbamates (subject to hydrolysis) is 1. The first kappa shape index (κ1) is 49.1. The molecule has 0 bridgehead atoms. The van der Waals surface area contributed by atoms with Crippen molar-refractivity contribution >= 4 is 35.9 Å². The number of amides is 3. The highest BCUT2D eigenvalue weighted by Crippen LogP contribution is 2.25. The maximum Gasteiger partial charge on any atom is 0.454 e. The van der Waals surface area contributed by atoms with E-state index in [9.17, 15) is 32.3 Å². The summed E-state index contributed by atoms with van der Waals surface area (Å²) in [6, 6.07) is 7.03. The van der Waals surface area contributed by atoms with Crippen LogP contribution < -0.4 is 15.4 Å². The molecule has 3 rings (SSSR count). The molecule has 0 fully saturated rings. The van der Waals surface area contributed by atoms with Crippen LogP contribution in [0.3, 0.4) is 0 Å². The fraction of sp³-hybridized carbons (Fsp3) is 0.619. The first-order chi connectivity index (χ1) is 27.9. The van der Waals surface area contributed by atoms with Crippen LogP contribution in [0, 0.1) is 0 Å². The number of allylic oxidation sites excluding steroid dienone is 1.